The van der Waals surface area contributed by atoms with Gasteiger partial charge in [-0.3, -0.25) is 4.90 Å². The zero-order chi connectivity index (χ0) is 13.7. The van der Waals surface area contributed by atoms with E-state index >= 15 is 0 Å². The summed E-state index contributed by atoms with van der Waals surface area (Å²) >= 11 is 0. The molecule has 1 atom stereocenters. The van der Waals surface area contributed by atoms with Crippen molar-refractivity contribution in [3.8, 4) is 5.75 Å². The number of rotatable bonds is 5. The Kier molecular flexibility index (Phi) is 5.08. The zero-order valence-electron chi connectivity index (χ0n) is 12.2. The second-order valence-electron chi connectivity index (χ2n) is 5.49. The number of nitrogens with two attached hydrogens (primary N) is 1. The maximum atomic E-state index is 5.99. The first-order chi connectivity index (χ1) is 9.24. The van der Waals surface area contributed by atoms with Crippen LogP contribution >= 0.6 is 0 Å². The van der Waals surface area contributed by atoms with E-state index in [0.717, 1.165) is 24.0 Å². The first-order valence-corrected chi connectivity index (χ1v) is 7.41. The summed E-state index contributed by atoms with van der Waals surface area (Å²) < 4.78 is 5.21. The van der Waals surface area contributed by atoms with Crippen LogP contribution in [0.4, 0.5) is 5.69 Å². The minimum Gasteiger partial charge on any atom is -0.495 e. The average Bonchev–Trinajstić information content (AvgIpc) is 2.41. The van der Waals surface area contributed by atoms with E-state index in [4.69, 9.17) is 10.5 Å². The molecule has 1 heterocycles. The molecular formula is C16H26N2O. The molecule has 1 unspecified atom stereocenters. The smallest absolute Gasteiger partial charge is 0.141 e. The van der Waals surface area contributed by atoms with Gasteiger partial charge in [0.15, 0.2) is 0 Å². The number of benzene rings is 1. The minimum absolute atomic E-state index is 0.740. The second kappa shape index (κ2) is 6.80. The second-order valence-corrected chi connectivity index (χ2v) is 5.49. The molecule has 1 fully saturated rings. The van der Waals surface area contributed by atoms with Crippen molar-refractivity contribution in [3.63, 3.8) is 0 Å². The molecule has 0 aromatic heterocycles. The Labute approximate surface area is 116 Å². The Balaban J connectivity index is 2.04. The number of ether oxygens (including phenoxy) is 1. The summed E-state index contributed by atoms with van der Waals surface area (Å²) in [4.78, 5) is 2.62. The highest BCUT2D eigenvalue weighted by atomic mass is 16.5. The molecule has 3 heteroatoms. The van der Waals surface area contributed by atoms with Gasteiger partial charge in [-0.15, -0.1) is 0 Å². The van der Waals surface area contributed by atoms with Crippen molar-refractivity contribution >= 4 is 5.69 Å². The van der Waals surface area contributed by atoms with Gasteiger partial charge in [0.2, 0.25) is 0 Å². The van der Waals surface area contributed by atoms with Crippen molar-refractivity contribution in [2.45, 2.75) is 51.6 Å². The van der Waals surface area contributed by atoms with Crippen LogP contribution in [0.3, 0.4) is 0 Å². The quantitative estimate of drug-likeness (QED) is 0.826. The summed E-state index contributed by atoms with van der Waals surface area (Å²) in [6.45, 7) is 4.51. The van der Waals surface area contributed by atoms with Gasteiger partial charge in [-0.2, -0.15) is 0 Å². The molecule has 1 aromatic rings. The van der Waals surface area contributed by atoms with Gasteiger partial charge in [-0.05, 0) is 43.5 Å². The van der Waals surface area contributed by atoms with E-state index in [1.54, 1.807) is 7.11 Å². The van der Waals surface area contributed by atoms with Crippen molar-refractivity contribution in [1.82, 2.24) is 4.90 Å². The maximum Gasteiger partial charge on any atom is 0.141 e. The molecular weight excluding hydrogens is 236 g/mol. The SMILES string of the molecule is CCCC1CCCCN1Cc1ccc(OC)c(N)c1. The molecule has 3 nitrogen and oxygen atoms in total. The molecule has 1 aliphatic heterocycles. The van der Waals surface area contributed by atoms with E-state index in [1.165, 1.54) is 44.2 Å². The number of likely N-dealkylation sites (tertiary alicyclic amines) is 1. The van der Waals surface area contributed by atoms with Gasteiger partial charge in [0.25, 0.3) is 0 Å². The summed E-state index contributed by atoms with van der Waals surface area (Å²) in [6, 6.07) is 6.91. The Bertz CT molecular complexity index is 404. The first kappa shape index (κ1) is 14.2. The third-order valence-electron chi connectivity index (χ3n) is 4.05. The van der Waals surface area contributed by atoms with Gasteiger partial charge in [0.05, 0.1) is 12.8 Å². The van der Waals surface area contributed by atoms with Crippen LogP contribution in [0.15, 0.2) is 18.2 Å². The van der Waals surface area contributed by atoms with Gasteiger partial charge in [0.1, 0.15) is 5.75 Å². The standard InChI is InChI=1S/C16H26N2O/c1-3-6-14-7-4-5-10-18(14)12-13-8-9-16(19-2)15(17)11-13/h8-9,11,14H,3-7,10,12,17H2,1-2H3. The van der Waals surface area contributed by atoms with Gasteiger partial charge in [-0.25, -0.2) is 0 Å². The Morgan fingerprint density at radius 1 is 1.37 bits per heavy atom. The van der Waals surface area contributed by atoms with Crippen LogP contribution in [-0.2, 0) is 6.54 Å². The lowest BCUT2D eigenvalue weighted by Gasteiger charge is -2.35. The Morgan fingerprint density at radius 3 is 2.89 bits per heavy atom. The molecule has 0 spiro atoms. The monoisotopic (exact) mass is 262 g/mol. The van der Waals surface area contributed by atoms with E-state index < -0.39 is 0 Å². The largest absolute Gasteiger partial charge is 0.495 e. The van der Waals surface area contributed by atoms with Crippen LogP contribution in [-0.4, -0.2) is 24.6 Å². The number of methoxy groups -OCH3 is 1. The van der Waals surface area contributed by atoms with Crippen molar-refractivity contribution in [2.75, 3.05) is 19.4 Å². The highest BCUT2D eigenvalue weighted by molar-refractivity contribution is 5.54. The van der Waals surface area contributed by atoms with Crippen LogP contribution in [0.1, 0.15) is 44.6 Å². The normalized spacial score (nSPS) is 20.4. The number of hydrogen-bond donors (Lipinski definition) is 1. The molecule has 19 heavy (non-hydrogen) atoms. The minimum atomic E-state index is 0.740. The van der Waals surface area contributed by atoms with Crippen LogP contribution < -0.4 is 10.5 Å². The fourth-order valence-corrected chi connectivity index (χ4v) is 3.04. The molecule has 106 valence electrons. The molecule has 1 aromatic carbocycles. The Hall–Kier alpha value is -1.22. The first-order valence-electron chi connectivity index (χ1n) is 7.41. The van der Waals surface area contributed by atoms with E-state index in [1.807, 2.05) is 6.07 Å². The molecule has 0 saturated carbocycles. The zero-order valence-corrected chi connectivity index (χ0v) is 12.2. The van der Waals surface area contributed by atoms with E-state index in [0.29, 0.717) is 0 Å². The van der Waals surface area contributed by atoms with E-state index in [9.17, 15) is 0 Å². The molecule has 2 N–H and O–H groups in total. The molecule has 1 aliphatic rings. The summed E-state index contributed by atoms with van der Waals surface area (Å²) in [6.07, 6.45) is 6.63. The molecule has 0 aliphatic carbocycles. The summed E-state index contributed by atoms with van der Waals surface area (Å²) in [5, 5.41) is 0. The number of nitrogen functional groups attached to an aromatic ring is 1. The van der Waals surface area contributed by atoms with Gasteiger partial charge >= 0.3 is 0 Å². The van der Waals surface area contributed by atoms with Crippen molar-refractivity contribution in [2.24, 2.45) is 0 Å². The fourth-order valence-electron chi connectivity index (χ4n) is 3.04. The lowest BCUT2D eigenvalue weighted by molar-refractivity contribution is 0.131. The predicted octanol–water partition coefficient (Wildman–Crippen LogP) is 3.43. The number of anilines is 1. The van der Waals surface area contributed by atoms with Crippen molar-refractivity contribution < 1.29 is 4.74 Å². The molecule has 0 amide bonds. The van der Waals surface area contributed by atoms with E-state index in [2.05, 4.69) is 24.0 Å². The van der Waals surface area contributed by atoms with Crippen LogP contribution in [0.2, 0.25) is 0 Å². The lowest BCUT2D eigenvalue weighted by Crippen LogP contribution is -2.38. The topological polar surface area (TPSA) is 38.5 Å². The number of piperidine rings is 1. The van der Waals surface area contributed by atoms with Gasteiger partial charge in [-0.1, -0.05) is 25.8 Å². The summed E-state index contributed by atoms with van der Waals surface area (Å²) in [7, 11) is 1.66. The maximum absolute atomic E-state index is 5.99. The van der Waals surface area contributed by atoms with Crippen molar-refractivity contribution in [1.29, 1.82) is 0 Å². The average molecular weight is 262 g/mol. The lowest BCUT2D eigenvalue weighted by atomic mass is 9.97. The summed E-state index contributed by atoms with van der Waals surface area (Å²) in [5.74, 6) is 0.771. The third-order valence-corrected chi connectivity index (χ3v) is 4.05. The van der Waals surface area contributed by atoms with Crippen LogP contribution in [0.5, 0.6) is 5.75 Å². The van der Waals surface area contributed by atoms with Crippen LogP contribution in [0, 0.1) is 0 Å². The van der Waals surface area contributed by atoms with Crippen LogP contribution in [0.25, 0.3) is 0 Å². The highest BCUT2D eigenvalue weighted by Gasteiger charge is 2.21. The summed E-state index contributed by atoms with van der Waals surface area (Å²) in [5.41, 5.74) is 8.02. The molecule has 1 saturated heterocycles. The third kappa shape index (κ3) is 3.63. The number of hydrogen-bond acceptors (Lipinski definition) is 3. The predicted molar refractivity (Wildman–Crippen MR) is 80.4 cm³/mol. The fraction of sp³-hybridized carbons (Fsp3) is 0.625. The van der Waals surface area contributed by atoms with Crippen molar-refractivity contribution in [3.05, 3.63) is 23.8 Å². The highest BCUT2D eigenvalue weighted by Crippen LogP contribution is 2.26. The van der Waals surface area contributed by atoms with E-state index in [-0.39, 0.29) is 0 Å². The van der Waals surface area contributed by atoms with Gasteiger partial charge in [0, 0.05) is 12.6 Å². The number of nitrogens with zero attached hydrogens (tertiary/aromatic N) is 1. The molecule has 0 bridgehead atoms. The molecule has 0 radical (unpaired) electrons. The molecule has 2 rings (SSSR count). The van der Waals surface area contributed by atoms with Gasteiger partial charge < -0.3 is 10.5 Å². The Morgan fingerprint density at radius 2 is 2.21 bits per heavy atom.